The molecule has 1 atom stereocenters. The molecule has 55 heavy (non-hydrogen) atoms. The smallest absolute Gasteiger partial charge is 0.368 e. The zero-order chi connectivity index (χ0) is 39.3. The lowest BCUT2D eigenvalue weighted by Gasteiger charge is -2.39. The van der Waals surface area contributed by atoms with E-state index in [-0.39, 0.29) is 35.6 Å². The molecular formula is C40H42ClN8O6+. The first kappa shape index (κ1) is 38.6. The molecule has 1 aromatic heterocycles. The van der Waals surface area contributed by atoms with Crippen molar-refractivity contribution in [2.24, 2.45) is 4.99 Å². The fraction of sp³-hybridized carbons (Fsp3) is 0.275. The Kier molecular flexibility index (Phi) is 11.6. The average Bonchev–Trinajstić information content (AvgIpc) is 3.63. The van der Waals surface area contributed by atoms with Crippen LogP contribution in [0.15, 0.2) is 101 Å². The summed E-state index contributed by atoms with van der Waals surface area (Å²) in [4.78, 5) is 55.2. The van der Waals surface area contributed by atoms with Gasteiger partial charge in [0.2, 0.25) is 5.95 Å². The van der Waals surface area contributed by atoms with Gasteiger partial charge in [0.1, 0.15) is 35.1 Å². The molecule has 0 bridgehead atoms. The third-order valence-electron chi connectivity index (χ3n) is 9.37. The number of ketones is 1. The number of ether oxygens (including phenoxy) is 2. The lowest BCUT2D eigenvalue weighted by molar-refractivity contribution is -0.880. The topological polar surface area (TPSA) is 152 Å². The Labute approximate surface area is 324 Å². The second-order valence-electron chi connectivity index (χ2n) is 13.9. The largest absolute Gasteiger partial charge is 0.497 e. The van der Waals surface area contributed by atoms with Gasteiger partial charge in [0, 0.05) is 42.4 Å². The molecule has 0 radical (unpaired) electrons. The summed E-state index contributed by atoms with van der Waals surface area (Å²) in [5, 5.41) is 14.8. The highest BCUT2D eigenvalue weighted by atomic mass is 35.5. The van der Waals surface area contributed by atoms with Gasteiger partial charge >= 0.3 is 11.9 Å². The number of aromatic nitrogens is 2. The van der Waals surface area contributed by atoms with Crippen LogP contribution in [-0.4, -0.2) is 78.8 Å². The first-order chi connectivity index (χ1) is 26.4. The van der Waals surface area contributed by atoms with E-state index in [1.54, 1.807) is 46.5 Å². The molecule has 6 rings (SSSR count). The number of para-hydroxylation sites is 1. The SMILES string of the molecule is COc1cc(OC)c(Cl)c(N2Cc3cnc(Nc4ccccc4)nc3N(C(C)c3cccc(CC(=O)/C=C/C[N+](C)(C)CC4=C([N+](=O)[O-])N=CC4)c3)C2=O)c1. The maximum atomic E-state index is 14.7. The van der Waals surface area contributed by atoms with Crippen LogP contribution in [-0.2, 0) is 17.8 Å². The molecule has 0 saturated heterocycles. The van der Waals surface area contributed by atoms with Gasteiger partial charge in [-0.05, 0) is 47.3 Å². The molecule has 14 nitrogen and oxygen atoms in total. The Morgan fingerprint density at radius 3 is 2.62 bits per heavy atom. The number of methoxy groups -OCH3 is 2. The summed E-state index contributed by atoms with van der Waals surface area (Å²) >= 11 is 6.80. The van der Waals surface area contributed by atoms with Gasteiger partial charge in [0.25, 0.3) is 0 Å². The normalized spacial score (nSPS) is 14.7. The Balaban J connectivity index is 1.26. The summed E-state index contributed by atoms with van der Waals surface area (Å²) in [5.41, 5.74) is 4.10. The number of amides is 2. The number of fused-ring (bicyclic) bond motifs is 1. The van der Waals surface area contributed by atoms with Crippen LogP contribution < -0.4 is 24.6 Å². The number of quaternary nitrogens is 1. The fourth-order valence-electron chi connectivity index (χ4n) is 6.61. The number of nitrogens with one attached hydrogen (secondary N) is 1. The molecule has 1 unspecified atom stereocenters. The summed E-state index contributed by atoms with van der Waals surface area (Å²) in [7, 11) is 6.93. The minimum atomic E-state index is -0.540. The fourth-order valence-corrected chi connectivity index (χ4v) is 6.89. The van der Waals surface area contributed by atoms with Crippen LogP contribution in [0.25, 0.3) is 0 Å². The number of nitro groups is 1. The van der Waals surface area contributed by atoms with Crippen molar-refractivity contribution in [2.75, 3.05) is 56.5 Å². The lowest BCUT2D eigenvalue weighted by atomic mass is 10.00. The van der Waals surface area contributed by atoms with Crippen molar-refractivity contribution in [2.45, 2.75) is 32.4 Å². The van der Waals surface area contributed by atoms with E-state index in [2.05, 4.69) is 15.3 Å². The van der Waals surface area contributed by atoms with Crippen LogP contribution in [0, 0.1) is 10.1 Å². The van der Waals surface area contributed by atoms with Crippen LogP contribution >= 0.6 is 11.6 Å². The quantitative estimate of drug-likeness (QED) is 0.0569. The second kappa shape index (κ2) is 16.5. The first-order valence-electron chi connectivity index (χ1n) is 17.6. The van der Waals surface area contributed by atoms with Crippen molar-refractivity contribution in [3.05, 3.63) is 128 Å². The summed E-state index contributed by atoms with van der Waals surface area (Å²) in [6.07, 6.45) is 7.19. The molecule has 15 heteroatoms. The zero-order valence-corrected chi connectivity index (χ0v) is 32.0. The molecule has 3 heterocycles. The van der Waals surface area contributed by atoms with Gasteiger partial charge in [-0.1, -0.05) is 59.1 Å². The molecule has 4 aromatic rings. The molecule has 1 N–H and O–H groups in total. The van der Waals surface area contributed by atoms with E-state index in [1.165, 1.54) is 14.2 Å². The molecular weight excluding hydrogens is 724 g/mol. The third kappa shape index (κ3) is 8.82. The molecule has 284 valence electrons. The number of nitrogens with zero attached hydrogens (tertiary/aromatic N) is 7. The summed E-state index contributed by atoms with van der Waals surface area (Å²) in [5.74, 6) is 1.38. The highest BCUT2D eigenvalue weighted by molar-refractivity contribution is 6.35. The Morgan fingerprint density at radius 2 is 1.89 bits per heavy atom. The van der Waals surface area contributed by atoms with Crippen LogP contribution in [0.3, 0.4) is 0 Å². The Morgan fingerprint density at radius 1 is 1.11 bits per heavy atom. The van der Waals surface area contributed by atoms with Crippen LogP contribution in [0.1, 0.15) is 36.1 Å². The predicted octanol–water partition coefficient (Wildman–Crippen LogP) is 7.31. The minimum absolute atomic E-state index is 0.0936. The second-order valence-corrected chi connectivity index (χ2v) is 14.3. The summed E-state index contributed by atoms with van der Waals surface area (Å²) in [6.45, 7) is 2.98. The number of aliphatic imine (C=N–C) groups is 1. The van der Waals surface area contributed by atoms with Crippen LogP contribution in [0.4, 0.5) is 27.9 Å². The number of hydrogen-bond acceptors (Lipinski definition) is 10. The van der Waals surface area contributed by atoms with E-state index >= 15 is 0 Å². The van der Waals surface area contributed by atoms with Crippen molar-refractivity contribution in [1.82, 2.24) is 9.97 Å². The van der Waals surface area contributed by atoms with Crippen molar-refractivity contribution >= 4 is 52.8 Å². The number of benzene rings is 3. The van der Waals surface area contributed by atoms with E-state index in [0.717, 1.165) is 16.8 Å². The van der Waals surface area contributed by atoms with Gasteiger partial charge < -0.3 is 29.4 Å². The number of carbonyl (C=O) groups is 2. The van der Waals surface area contributed by atoms with Crippen molar-refractivity contribution in [3.63, 3.8) is 0 Å². The summed E-state index contributed by atoms with van der Waals surface area (Å²) < 4.78 is 11.4. The molecule has 3 aromatic carbocycles. The van der Waals surface area contributed by atoms with Crippen LogP contribution in [0.5, 0.6) is 11.5 Å². The van der Waals surface area contributed by atoms with Gasteiger partial charge in [0.05, 0.1) is 58.7 Å². The highest BCUT2D eigenvalue weighted by Crippen LogP contribution is 2.43. The van der Waals surface area contributed by atoms with Crippen molar-refractivity contribution in [1.29, 1.82) is 0 Å². The zero-order valence-electron chi connectivity index (χ0n) is 31.2. The number of halogens is 1. The average molecular weight is 766 g/mol. The van der Waals surface area contributed by atoms with Gasteiger partial charge in [0.15, 0.2) is 5.78 Å². The summed E-state index contributed by atoms with van der Waals surface area (Å²) in [6, 6.07) is 19.5. The first-order valence-corrected chi connectivity index (χ1v) is 17.9. The minimum Gasteiger partial charge on any atom is -0.497 e. The van der Waals surface area contributed by atoms with E-state index in [4.69, 9.17) is 26.1 Å². The molecule has 0 fully saturated rings. The standard InChI is InChI=1S/C40H42ClN8O6/c1-26(28-12-9-11-27(19-28)20-32(50)15-10-18-49(2,3)25-29-16-17-42-37(29)48(52)53)47-38-30(23-43-39(45-38)44-31-13-7-6-8-14-31)24-46(40(47)51)34-21-33(54-4)22-35(55-5)36(34)41/h6-15,17,19,21-23,26H,16,18,20,24-25H2,1-5H3,(H,43,44,45)/q+1/b15-10+. The number of allylic oxidation sites excluding steroid dienone is 1. The third-order valence-corrected chi connectivity index (χ3v) is 9.75. The van der Waals surface area contributed by atoms with Gasteiger partial charge in [-0.15, -0.1) is 0 Å². The van der Waals surface area contributed by atoms with E-state index < -0.39 is 11.0 Å². The van der Waals surface area contributed by atoms with Gasteiger partial charge in [-0.3, -0.25) is 14.6 Å². The lowest BCUT2D eigenvalue weighted by Crippen LogP contribution is -2.49. The molecule has 2 amide bonds. The number of urea groups is 1. The van der Waals surface area contributed by atoms with Gasteiger partial charge in [-0.25, -0.2) is 9.78 Å². The van der Waals surface area contributed by atoms with E-state index in [9.17, 15) is 19.7 Å². The molecule has 0 saturated carbocycles. The Bertz CT molecular complexity index is 2210. The number of likely N-dealkylation sites (N-methyl/N-ethyl adjacent to an activating group) is 1. The van der Waals surface area contributed by atoms with Crippen molar-refractivity contribution < 1.29 is 28.5 Å². The number of carbonyl (C=O) groups excluding carboxylic acids is 2. The Hall–Kier alpha value is -6.12. The van der Waals surface area contributed by atoms with Crippen molar-refractivity contribution in [3.8, 4) is 11.5 Å². The highest BCUT2D eigenvalue weighted by Gasteiger charge is 2.38. The maximum absolute atomic E-state index is 14.7. The van der Waals surface area contributed by atoms with E-state index in [1.807, 2.05) is 75.6 Å². The maximum Gasteiger partial charge on any atom is 0.368 e. The molecule has 0 aliphatic carbocycles. The number of anilines is 4. The molecule has 2 aliphatic heterocycles. The molecule has 0 spiro atoms. The number of hydrogen-bond donors (Lipinski definition) is 1. The van der Waals surface area contributed by atoms with E-state index in [0.29, 0.717) is 64.1 Å². The molecule has 2 aliphatic rings. The number of rotatable bonds is 15. The van der Waals surface area contributed by atoms with Gasteiger partial charge in [-0.2, -0.15) is 4.98 Å². The van der Waals surface area contributed by atoms with Crippen LogP contribution in [0.2, 0.25) is 5.02 Å². The monoisotopic (exact) mass is 765 g/mol. The predicted molar refractivity (Wildman–Crippen MR) is 212 cm³/mol.